The van der Waals surface area contributed by atoms with Gasteiger partial charge in [-0.15, -0.1) is 0 Å². The van der Waals surface area contributed by atoms with Gasteiger partial charge in [-0.3, -0.25) is 14.6 Å². The van der Waals surface area contributed by atoms with Crippen molar-refractivity contribution < 1.29 is 37.0 Å². The van der Waals surface area contributed by atoms with Crippen LogP contribution in [-0.4, -0.2) is 86.1 Å². The Morgan fingerprint density at radius 2 is 1.73 bits per heavy atom. The molecule has 0 bridgehead atoms. The summed E-state index contributed by atoms with van der Waals surface area (Å²) in [7, 11) is 3.01. The maximum absolute atomic E-state index is 13.9. The number of nitrogens with zero attached hydrogens (tertiary/aromatic N) is 3. The van der Waals surface area contributed by atoms with Crippen LogP contribution in [0.1, 0.15) is 40.9 Å². The summed E-state index contributed by atoms with van der Waals surface area (Å²) in [6, 6.07) is 9.72. The molecule has 0 aromatic heterocycles. The molecule has 41 heavy (non-hydrogen) atoms. The quantitative estimate of drug-likeness (QED) is 0.502. The van der Waals surface area contributed by atoms with Crippen LogP contribution in [0, 0.1) is 0 Å². The number of methoxy groups -OCH3 is 1. The first-order chi connectivity index (χ1) is 19.5. The van der Waals surface area contributed by atoms with Gasteiger partial charge in [0.15, 0.2) is 0 Å². The fraction of sp³-hybridized carbons (Fsp3) is 0.414. The summed E-state index contributed by atoms with van der Waals surface area (Å²) in [6.07, 6.45) is -4.07. The maximum atomic E-state index is 13.9. The molecule has 2 aromatic carbocycles. The number of benzene rings is 2. The van der Waals surface area contributed by atoms with Crippen molar-refractivity contribution in [3.63, 3.8) is 0 Å². The van der Waals surface area contributed by atoms with Gasteiger partial charge in [0.25, 0.3) is 5.91 Å². The van der Waals surface area contributed by atoms with E-state index in [1.54, 1.807) is 43.2 Å². The molecule has 2 aliphatic heterocycles. The number of likely N-dealkylation sites (N-methyl/N-ethyl adjacent to an activating group) is 1. The summed E-state index contributed by atoms with van der Waals surface area (Å²) in [5.74, 6) is -0.285. The number of ether oxygens (including phenoxy) is 2. The van der Waals surface area contributed by atoms with E-state index in [2.05, 4.69) is 5.32 Å². The van der Waals surface area contributed by atoms with Crippen molar-refractivity contribution in [3.05, 3.63) is 76.5 Å². The zero-order valence-electron chi connectivity index (χ0n) is 23.2. The lowest BCUT2D eigenvalue weighted by Crippen LogP contribution is -2.50. The number of hydrogen-bond acceptors (Lipinski definition) is 6. The average molecular weight is 575 g/mol. The van der Waals surface area contributed by atoms with Crippen molar-refractivity contribution in [2.75, 3.05) is 53.5 Å². The minimum Gasteiger partial charge on any atom is -0.497 e. The molecule has 4 rings (SSSR count). The van der Waals surface area contributed by atoms with Gasteiger partial charge in [-0.2, -0.15) is 13.2 Å². The first kappa shape index (κ1) is 29.9. The molecule has 1 atom stereocenters. The number of esters is 1. The van der Waals surface area contributed by atoms with Crippen LogP contribution in [0.3, 0.4) is 0 Å². The van der Waals surface area contributed by atoms with Crippen LogP contribution in [-0.2, 0) is 15.7 Å². The second-order valence-electron chi connectivity index (χ2n) is 9.76. The third-order valence-electron chi connectivity index (χ3n) is 7.24. The Morgan fingerprint density at radius 3 is 2.39 bits per heavy atom. The predicted octanol–water partition coefficient (Wildman–Crippen LogP) is 4.08. The van der Waals surface area contributed by atoms with Crippen molar-refractivity contribution in [2.45, 2.75) is 25.6 Å². The summed E-state index contributed by atoms with van der Waals surface area (Å²) < 4.78 is 52.2. The number of amides is 3. The minimum atomic E-state index is -4.70. The molecule has 1 unspecified atom stereocenters. The molecule has 2 aliphatic rings. The molecule has 0 spiro atoms. The van der Waals surface area contributed by atoms with Crippen LogP contribution in [0.15, 0.2) is 59.8 Å². The maximum Gasteiger partial charge on any atom is 0.416 e. The van der Waals surface area contributed by atoms with Gasteiger partial charge in [0.05, 0.1) is 30.9 Å². The molecule has 9 nitrogen and oxygen atoms in total. The number of hydrogen-bond donors (Lipinski definition) is 1. The molecule has 1 fully saturated rings. The predicted molar refractivity (Wildman–Crippen MR) is 144 cm³/mol. The smallest absolute Gasteiger partial charge is 0.416 e. The summed E-state index contributed by atoms with van der Waals surface area (Å²) >= 11 is 0. The van der Waals surface area contributed by atoms with E-state index >= 15 is 0 Å². The number of nitrogens with one attached hydrogen (secondary N) is 1. The summed E-state index contributed by atoms with van der Waals surface area (Å²) in [5.41, 5.74) is -0.459. The number of urea groups is 1. The monoisotopic (exact) mass is 574 g/mol. The summed E-state index contributed by atoms with van der Waals surface area (Å²) in [6.45, 7) is 3.59. The van der Waals surface area contributed by atoms with E-state index in [1.165, 1.54) is 30.1 Å². The third kappa shape index (κ3) is 6.64. The van der Waals surface area contributed by atoms with Gasteiger partial charge in [0.2, 0.25) is 0 Å². The second-order valence-corrected chi connectivity index (χ2v) is 9.76. The number of carbonyl (C=O) groups excluding carboxylic acids is 3. The molecule has 1 saturated heterocycles. The Balaban J connectivity index is 1.63. The molecular formula is C29H33F3N4O5. The number of halogens is 3. The van der Waals surface area contributed by atoms with Crippen molar-refractivity contribution in [2.24, 2.45) is 0 Å². The van der Waals surface area contributed by atoms with E-state index in [4.69, 9.17) is 9.47 Å². The number of rotatable bonds is 7. The zero-order chi connectivity index (χ0) is 29.7. The summed E-state index contributed by atoms with van der Waals surface area (Å²) in [5, 5.41) is 2.56. The SMILES string of the molecule is CCOC(=O)C1=C(CN2CCCN(C(=O)c3ccc(OC)cc3)CC2)N(C)C(=O)NC1c1ccccc1C(F)(F)F. The Kier molecular flexibility index (Phi) is 9.21. The fourth-order valence-corrected chi connectivity index (χ4v) is 5.10. The summed E-state index contributed by atoms with van der Waals surface area (Å²) in [4.78, 5) is 44.3. The molecule has 2 heterocycles. The average Bonchev–Trinajstić information content (AvgIpc) is 3.20. The third-order valence-corrected chi connectivity index (χ3v) is 7.24. The van der Waals surface area contributed by atoms with Crippen molar-refractivity contribution in [1.29, 1.82) is 0 Å². The Labute approximate surface area is 236 Å². The fourth-order valence-electron chi connectivity index (χ4n) is 5.10. The van der Waals surface area contributed by atoms with Crippen LogP contribution in [0.5, 0.6) is 5.75 Å². The Bertz CT molecular complexity index is 1310. The molecule has 0 aliphatic carbocycles. The minimum absolute atomic E-state index is 0.00700. The van der Waals surface area contributed by atoms with Gasteiger partial charge in [0.1, 0.15) is 5.75 Å². The lowest BCUT2D eigenvalue weighted by Gasteiger charge is -2.37. The number of alkyl halides is 3. The van der Waals surface area contributed by atoms with Gasteiger partial charge < -0.3 is 19.7 Å². The van der Waals surface area contributed by atoms with E-state index < -0.39 is 29.8 Å². The van der Waals surface area contributed by atoms with E-state index in [1.807, 2.05) is 4.90 Å². The van der Waals surface area contributed by atoms with Crippen molar-refractivity contribution >= 4 is 17.9 Å². The molecule has 1 N–H and O–H groups in total. The van der Waals surface area contributed by atoms with Crippen LogP contribution >= 0.6 is 0 Å². The van der Waals surface area contributed by atoms with Gasteiger partial charge in [-0.1, -0.05) is 18.2 Å². The highest BCUT2D eigenvalue weighted by Gasteiger charge is 2.42. The highest BCUT2D eigenvalue weighted by atomic mass is 19.4. The van der Waals surface area contributed by atoms with E-state index in [9.17, 15) is 27.6 Å². The second kappa shape index (κ2) is 12.6. The molecule has 12 heteroatoms. The normalized spacial score (nSPS) is 18.6. The van der Waals surface area contributed by atoms with Gasteiger partial charge in [0, 0.05) is 51.0 Å². The first-order valence-corrected chi connectivity index (χ1v) is 13.3. The van der Waals surface area contributed by atoms with E-state index in [-0.39, 0.29) is 35.9 Å². The zero-order valence-corrected chi connectivity index (χ0v) is 23.2. The van der Waals surface area contributed by atoms with E-state index in [0.29, 0.717) is 43.9 Å². The molecule has 0 radical (unpaired) electrons. The highest BCUT2D eigenvalue weighted by molar-refractivity contribution is 5.95. The Hall–Kier alpha value is -4.06. The van der Waals surface area contributed by atoms with Crippen LogP contribution in [0.25, 0.3) is 0 Å². The van der Waals surface area contributed by atoms with Gasteiger partial charge in [-0.05, 0) is 49.2 Å². The molecule has 2 aromatic rings. The van der Waals surface area contributed by atoms with Gasteiger partial charge in [-0.25, -0.2) is 9.59 Å². The van der Waals surface area contributed by atoms with E-state index in [0.717, 1.165) is 6.07 Å². The molecular weight excluding hydrogens is 541 g/mol. The largest absolute Gasteiger partial charge is 0.497 e. The topological polar surface area (TPSA) is 91.4 Å². The molecule has 3 amide bonds. The first-order valence-electron chi connectivity index (χ1n) is 13.3. The number of carbonyl (C=O) groups is 3. The van der Waals surface area contributed by atoms with Gasteiger partial charge >= 0.3 is 18.2 Å². The van der Waals surface area contributed by atoms with Crippen molar-refractivity contribution in [1.82, 2.24) is 20.0 Å². The standard InChI is InChI=1S/C29H33F3N4O5/c1-4-41-27(38)24-23(34(2)28(39)33-25(24)21-8-5-6-9-22(21)29(30,31)32)18-35-14-7-15-36(17-16-35)26(37)19-10-12-20(40-3)13-11-19/h5-6,8-13,25H,4,7,14-18H2,1-3H3,(H,33,39). The van der Waals surface area contributed by atoms with Crippen LogP contribution in [0.2, 0.25) is 0 Å². The molecule has 220 valence electrons. The van der Waals surface area contributed by atoms with Crippen LogP contribution in [0.4, 0.5) is 18.0 Å². The van der Waals surface area contributed by atoms with Crippen molar-refractivity contribution in [3.8, 4) is 5.75 Å². The lowest BCUT2D eigenvalue weighted by atomic mass is 9.90. The molecule has 0 saturated carbocycles. The lowest BCUT2D eigenvalue weighted by molar-refractivity contribution is -0.141. The van der Waals surface area contributed by atoms with Crippen LogP contribution < -0.4 is 10.1 Å². The Morgan fingerprint density at radius 1 is 1.02 bits per heavy atom. The highest BCUT2D eigenvalue weighted by Crippen LogP contribution is 2.39.